The van der Waals surface area contributed by atoms with Crippen LogP contribution in [0.5, 0.6) is 0 Å². The molecule has 0 spiro atoms. The second-order valence-corrected chi connectivity index (χ2v) is 10.5. The summed E-state index contributed by atoms with van der Waals surface area (Å²) in [6.07, 6.45) is 19.3. The van der Waals surface area contributed by atoms with E-state index in [1.165, 1.54) is 68.7 Å². The molecule has 0 radical (unpaired) electrons. The molecule has 0 bridgehead atoms. The number of nitrogen functional groups attached to an aromatic ring is 1. The fourth-order valence-corrected chi connectivity index (χ4v) is 5.37. The second kappa shape index (κ2) is 15.4. The number of fused-ring (bicyclic) bond motifs is 1. The maximum Gasteiger partial charge on any atom is 0.280 e. The topological polar surface area (TPSA) is 160 Å². The van der Waals surface area contributed by atoms with Gasteiger partial charge in [0.1, 0.15) is 18.3 Å². The second-order valence-electron chi connectivity index (χ2n) is 10.5. The van der Waals surface area contributed by atoms with Crippen LogP contribution in [0.25, 0.3) is 11.2 Å². The molecule has 38 heavy (non-hydrogen) atoms. The van der Waals surface area contributed by atoms with E-state index in [9.17, 15) is 20.1 Å². The van der Waals surface area contributed by atoms with Crippen LogP contribution < -0.4 is 11.3 Å². The summed E-state index contributed by atoms with van der Waals surface area (Å²) in [5.74, 6) is -0.0802. The van der Waals surface area contributed by atoms with E-state index in [1.807, 2.05) is 0 Å². The lowest BCUT2D eigenvalue weighted by molar-refractivity contribution is -0.151. The van der Waals surface area contributed by atoms with Gasteiger partial charge in [-0.25, -0.2) is 4.98 Å². The van der Waals surface area contributed by atoms with E-state index in [0.717, 1.165) is 32.1 Å². The van der Waals surface area contributed by atoms with Crippen molar-refractivity contribution in [2.45, 2.75) is 127 Å². The van der Waals surface area contributed by atoms with Gasteiger partial charge in [0.05, 0.1) is 12.9 Å². The number of nitrogens with zero attached hydrogens (tertiary/aromatic N) is 3. The Balaban J connectivity index is 1.44. The Labute approximate surface area is 225 Å². The molecule has 6 N–H and O–H groups in total. The highest BCUT2D eigenvalue weighted by molar-refractivity contribution is 5.70. The van der Waals surface area contributed by atoms with E-state index >= 15 is 0 Å². The molecule has 1 saturated heterocycles. The summed E-state index contributed by atoms with van der Waals surface area (Å²) < 4.78 is 7.53. The van der Waals surface area contributed by atoms with Gasteiger partial charge in [-0.1, -0.05) is 76.9 Å². The molecule has 0 saturated carbocycles. The highest BCUT2D eigenvalue weighted by atomic mass is 16.6. The number of aromatic amines is 1. The molecule has 4 atom stereocenters. The Kier molecular flexibility index (Phi) is 12.2. The highest BCUT2D eigenvalue weighted by Crippen LogP contribution is 2.41. The van der Waals surface area contributed by atoms with Crippen LogP contribution in [-0.2, 0) is 10.5 Å². The van der Waals surface area contributed by atoms with E-state index in [0.29, 0.717) is 6.42 Å². The van der Waals surface area contributed by atoms with Crippen molar-refractivity contribution in [1.82, 2.24) is 19.5 Å². The Morgan fingerprint density at radius 2 is 1.63 bits per heavy atom. The first-order valence-corrected chi connectivity index (χ1v) is 14.5. The van der Waals surface area contributed by atoms with Crippen LogP contribution in [0.3, 0.4) is 0 Å². The third-order valence-electron chi connectivity index (χ3n) is 7.58. The largest absolute Gasteiger partial charge is 0.394 e. The van der Waals surface area contributed by atoms with Gasteiger partial charge in [0.25, 0.3) is 5.56 Å². The van der Waals surface area contributed by atoms with Crippen LogP contribution in [0.1, 0.15) is 103 Å². The van der Waals surface area contributed by atoms with Crippen LogP contribution in [0.15, 0.2) is 23.3 Å². The zero-order valence-corrected chi connectivity index (χ0v) is 22.9. The number of allylic oxidation sites excluding steroid dienone is 2. The number of nitrogens with one attached hydrogen (secondary N) is 1. The molecule has 0 amide bonds. The van der Waals surface area contributed by atoms with Gasteiger partial charge in [0.2, 0.25) is 5.95 Å². The zero-order valence-electron chi connectivity index (χ0n) is 22.9. The summed E-state index contributed by atoms with van der Waals surface area (Å²) in [5.41, 5.74) is 4.08. The lowest BCUT2D eigenvalue weighted by Gasteiger charge is -2.34. The number of rotatable bonds is 18. The summed E-state index contributed by atoms with van der Waals surface area (Å²) in [4.78, 5) is 23.0. The third kappa shape index (κ3) is 7.65. The number of H-pyrrole nitrogens is 1. The molecule has 1 aliphatic heterocycles. The van der Waals surface area contributed by atoms with Crippen LogP contribution in [-0.4, -0.2) is 59.8 Å². The Morgan fingerprint density at radius 1 is 1.03 bits per heavy atom. The molecule has 0 aliphatic carbocycles. The molecule has 1 aliphatic rings. The van der Waals surface area contributed by atoms with Crippen molar-refractivity contribution in [2.75, 3.05) is 12.3 Å². The highest BCUT2D eigenvalue weighted by Gasteiger charge is 2.55. The summed E-state index contributed by atoms with van der Waals surface area (Å²) in [7, 11) is 0. The number of imidazole rings is 1. The van der Waals surface area contributed by atoms with Crippen molar-refractivity contribution in [2.24, 2.45) is 0 Å². The number of hydrogen-bond acceptors (Lipinski definition) is 8. The van der Waals surface area contributed by atoms with Crippen LogP contribution in [0.2, 0.25) is 0 Å². The first-order chi connectivity index (χ1) is 18.4. The summed E-state index contributed by atoms with van der Waals surface area (Å²) in [5, 5.41) is 31.2. The zero-order chi connectivity index (χ0) is 27.4. The third-order valence-corrected chi connectivity index (χ3v) is 7.58. The standard InChI is InChI=1S/C28H47N5O5/c1-2-3-4-5-6-7-8-9-10-11-12-13-14-15-16-17-18-28(24(36)23(35)21(19-34)38-28)33-20-30-22-25(33)31-27(29)32-26(22)37/h9-10,20-21,23-24,34-36H,2-8,11-19H2,1H3,(H3,29,31,32,37)/t21-,23-,24-,28-/m1/s1. The van der Waals surface area contributed by atoms with Gasteiger partial charge in [0, 0.05) is 0 Å². The van der Waals surface area contributed by atoms with E-state index in [2.05, 4.69) is 34.0 Å². The predicted molar refractivity (Wildman–Crippen MR) is 149 cm³/mol. The molecule has 2 aromatic heterocycles. The SMILES string of the molecule is CCCCCCCCC=CCCCCCCCC[C@@]1(n2cnc3c(=O)[nH]c(N)nc32)O[C@H](CO)[C@@H](O)[C@H]1O. The van der Waals surface area contributed by atoms with Crippen molar-refractivity contribution in [3.05, 3.63) is 28.8 Å². The fourth-order valence-electron chi connectivity index (χ4n) is 5.37. The Morgan fingerprint density at radius 3 is 2.24 bits per heavy atom. The number of aliphatic hydroxyl groups excluding tert-OH is 3. The van der Waals surface area contributed by atoms with Gasteiger partial charge in [0.15, 0.2) is 16.9 Å². The average molecular weight is 534 g/mol. The molecule has 3 heterocycles. The van der Waals surface area contributed by atoms with Gasteiger partial charge in [-0.2, -0.15) is 4.98 Å². The number of aromatic nitrogens is 4. The van der Waals surface area contributed by atoms with E-state index < -0.39 is 36.2 Å². The summed E-state index contributed by atoms with van der Waals surface area (Å²) >= 11 is 0. The van der Waals surface area contributed by atoms with E-state index in [1.54, 1.807) is 0 Å². The molecular formula is C28H47N5O5. The van der Waals surface area contributed by atoms with Crippen molar-refractivity contribution in [3.8, 4) is 0 Å². The van der Waals surface area contributed by atoms with Crippen molar-refractivity contribution < 1.29 is 20.1 Å². The molecule has 0 unspecified atom stereocenters. The van der Waals surface area contributed by atoms with Crippen molar-refractivity contribution in [1.29, 1.82) is 0 Å². The van der Waals surface area contributed by atoms with Gasteiger partial charge in [-0.3, -0.25) is 14.3 Å². The minimum Gasteiger partial charge on any atom is -0.394 e. The average Bonchev–Trinajstić information content (AvgIpc) is 3.43. The molecule has 1 fully saturated rings. The molecule has 3 rings (SSSR count). The number of hydrogen-bond donors (Lipinski definition) is 5. The minimum atomic E-state index is -1.41. The van der Waals surface area contributed by atoms with Gasteiger partial charge in [-0.05, 0) is 38.5 Å². The van der Waals surface area contributed by atoms with E-state index in [-0.39, 0.29) is 17.1 Å². The molecule has 214 valence electrons. The normalized spacial score (nSPS) is 23.7. The lowest BCUT2D eigenvalue weighted by Crippen LogP contribution is -2.45. The van der Waals surface area contributed by atoms with Crippen molar-refractivity contribution >= 4 is 17.1 Å². The lowest BCUT2D eigenvalue weighted by atomic mass is 9.95. The number of anilines is 1. The van der Waals surface area contributed by atoms with Gasteiger partial charge < -0.3 is 25.8 Å². The minimum absolute atomic E-state index is 0.0670. The van der Waals surface area contributed by atoms with Crippen LogP contribution >= 0.6 is 0 Å². The first-order valence-electron chi connectivity index (χ1n) is 14.5. The van der Waals surface area contributed by atoms with E-state index in [4.69, 9.17) is 10.5 Å². The Bertz CT molecular complexity index is 1050. The predicted octanol–water partition coefficient (Wildman–Crippen LogP) is 3.90. The maximum atomic E-state index is 12.3. The smallest absolute Gasteiger partial charge is 0.280 e. The van der Waals surface area contributed by atoms with Crippen molar-refractivity contribution in [3.63, 3.8) is 0 Å². The molecule has 10 nitrogen and oxygen atoms in total. The fraction of sp³-hybridized carbons (Fsp3) is 0.750. The number of aliphatic hydroxyl groups is 3. The molecular weight excluding hydrogens is 486 g/mol. The maximum absolute atomic E-state index is 12.3. The molecule has 2 aromatic rings. The van der Waals surface area contributed by atoms with Crippen LogP contribution in [0, 0.1) is 0 Å². The summed E-state index contributed by atoms with van der Waals surface area (Å²) in [6.45, 7) is 1.80. The first kappa shape index (κ1) is 30.3. The van der Waals surface area contributed by atoms with Gasteiger partial charge >= 0.3 is 0 Å². The monoisotopic (exact) mass is 533 g/mol. The number of nitrogens with two attached hydrogens (primary N) is 1. The number of ether oxygens (including phenoxy) is 1. The van der Waals surface area contributed by atoms with Gasteiger partial charge in [-0.15, -0.1) is 0 Å². The quantitative estimate of drug-likeness (QED) is 0.142. The van der Waals surface area contributed by atoms with Crippen LogP contribution in [0.4, 0.5) is 5.95 Å². The Hall–Kier alpha value is -2.27. The number of unbranched alkanes of at least 4 members (excludes halogenated alkanes) is 12. The molecule has 10 heteroatoms. The summed E-state index contributed by atoms with van der Waals surface area (Å²) in [6, 6.07) is 0. The molecule has 0 aromatic carbocycles.